The first kappa shape index (κ1) is 10.8. The van der Waals surface area contributed by atoms with E-state index in [4.69, 9.17) is 11.6 Å². The van der Waals surface area contributed by atoms with E-state index in [-0.39, 0.29) is 17.2 Å². The summed E-state index contributed by atoms with van der Waals surface area (Å²) >= 11 is 5.68. The minimum absolute atomic E-state index is 0.113. The van der Waals surface area contributed by atoms with Crippen molar-refractivity contribution in [2.24, 2.45) is 0 Å². The van der Waals surface area contributed by atoms with Gasteiger partial charge in [0.1, 0.15) is 0 Å². The molecule has 0 aliphatic carbocycles. The Kier molecular flexibility index (Phi) is 2.24. The van der Waals surface area contributed by atoms with E-state index in [0.717, 1.165) is 0 Å². The summed E-state index contributed by atoms with van der Waals surface area (Å²) in [5, 5.41) is 0.287. The molecule has 1 unspecified atom stereocenters. The zero-order valence-electron chi connectivity index (χ0n) is 7.86. The van der Waals surface area contributed by atoms with Gasteiger partial charge in [0.05, 0.1) is 6.61 Å². The normalized spacial score (nSPS) is 25.4. The van der Waals surface area contributed by atoms with Crippen LogP contribution in [0.3, 0.4) is 0 Å². The lowest BCUT2D eigenvalue weighted by molar-refractivity contribution is -0.187. The number of hydrogen-bond acceptors (Lipinski definition) is 1. The molecule has 0 radical (unpaired) electrons. The molecule has 0 amide bonds. The zero-order chi connectivity index (χ0) is 11.3. The van der Waals surface area contributed by atoms with Gasteiger partial charge in [-0.3, -0.25) is 0 Å². The standard InChI is InChI=1S/C10H8ClF3O/c1-6-2-3-7(11)4-8(6)9(5-15-9)10(12,13)14/h2-4H,5H2,1H3. The van der Waals surface area contributed by atoms with Gasteiger partial charge in [-0.15, -0.1) is 0 Å². The summed E-state index contributed by atoms with van der Waals surface area (Å²) in [6, 6.07) is 4.44. The van der Waals surface area contributed by atoms with Crippen molar-refractivity contribution in [2.45, 2.75) is 18.7 Å². The van der Waals surface area contributed by atoms with Crippen molar-refractivity contribution in [3.63, 3.8) is 0 Å². The van der Waals surface area contributed by atoms with E-state index in [9.17, 15) is 13.2 Å². The molecule has 1 aromatic rings. The highest BCUT2D eigenvalue weighted by Gasteiger charge is 2.67. The molecule has 2 rings (SSSR count). The SMILES string of the molecule is Cc1ccc(Cl)cc1C1(C(F)(F)F)CO1. The van der Waals surface area contributed by atoms with Crippen LogP contribution in [-0.4, -0.2) is 12.8 Å². The number of benzene rings is 1. The quantitative estimate of drug-likeness (QED) is 0.681. The van der Waals surface area contributed by atoms with Crippen molar-refractivity contribution in [1.29, 1.82) is 0 Å². The number of epoxide rings is 1. The molecule has 0 bridgehead atoms. The summed E-state index contributed by atoms with van der Waals surface area (Å²) in [7, 11) is 0. The lowest BCUT2D eigenvalue weighted by Gasteiger charge is -2.18. The largest absolute Gasteiger partial charge is 0.424 e. The van der Waals surface area contributed by atoms with Crippen LogP contribution in [0.5, 0.6) is 0 Å². The summed E-state index contributed by atoms with van der Waals surface area (Å²) < 4.78 is 42.8. The molecule has 1 fully saturated rings. The highest BCUT2D eigenvalue weighted by atomic mass is 35.5. The number of rotatable bonds is 1. The molecule has 1 saturated heterocycles. The molecule has 0 aromatic heterocycles. The van der Waals surface area contributed by atoms with Gasteiger partial charge in [-0.1, -0.05) is 17.7 Å². The van der Waals surface area contributed by atoms with Crippen LogP contribution in [0.1, 0.15) is 11.1 Å². The second kappa shape index (κ2) is 3.12. The van der Waals surface area contributed by atoms with Crippen LogP contribution >= 0.6 is 11.6 Å². The molecule has 1 nitrogen and oxygen atoms in total. The van der Waals surface area contributed by atoms with Gasteiger partial charge in [0, 0.05) is 5.02 Å². The van der Waals surface area contributed by atoms with E-state index in [1.807, 2.05) is 0 Å². The van der Waals surface area contributed by atoms with E-state index < -0.39 is 11.8 Å². The van der Waals surface area contributed by atoms with Crippen LogP contribution in [0, 0.1) is 6.92 Å². The van der Waals surface area contributed by atoms with Gasteiger partial charge >= 0.3 is 6.18 Å². The minimum atomic E-state index is -4.39. The van der Waals surface area contributed by atoms with Crippen molar-refractivity contribution in [3.05, 3.63) is 34.3 Å². The smallest absolute Gasteiger partial charge is 0.355 e. The number of halogens is 4. The molecule has 0 saturated carbocycles. The average molecular weight is 237 g/mol. The average Bonchev–Trinajstić information content (AvgIpc) is 2.88. The first-order valence-corrected chi connectivity index (χ1v) is 4.72. The molecular formula is C10H8ClF3O. The van der Waals surface area contributed by atoms with Crippen molar-refractivity contribution in [2.75, 3.05) is 6.61 Å². The summed E-state index contributed by atoms with van der Waals surface area (Å²) in [4.78, 5) is 0. The number of ether oxygens (including phenoxy) is 1. The van der Waals surface area contributed by atoms with Gasteiger partial charge in [-0.25, -0.2) is 0 Å². The van der Waals surface area contributed by atoms with Crippen LogP contribution in [-0.2, 0) is 10.3 Å². The van der Waals surface area contributed by atoms with Gasteiger partial charge in [0.2, 0.25) is 5.60 Å². The molecule has 1 aromatic carbocycles. The van der Waals surface area contributed by atoms with E-state index in [0.29, 0.717) is 5.56 Å². The van der Waals surface area contributed by atoms with Crippen LogP contribution in [0.15, 0.2) is 18.2 Å². The van der Waals surface area contributed by atoms with Gasteiger partial charge in [0.15, 0.2) is 0 Å². The molecule has 1 atom stereocenters. The topological polar surface area (TPSA) is 12.5 Å². The summed E-state index contributed by atoms with van der Waals surface area (Å²) in [6.07, 6.45) is -4.39. The third kappa shape index (κ3) is 1.62. The van der Waals surface area contributed by atoms with Gasteiger partial charge < -0.3 is 4.74 Å². The third-order valence-electron chi connectivity index (χ3n) is 2.53. The Balaban J connectivity index is 2.50. The minimum Gasteiger partial charge on any atom is -0.355 e. The van der Waals surface area contributed by atoms with Crippen LogP contribution in [0.2, 0.25) is 5.02 Å². The maximum Gasteiger partial charge on any atom is 0.424 e. The van der Waals surface area contributed by atoms with Crippen LogP contribution in [0.4, 0.5) is 13.2 Å². The van der Waals surface area contributed by atoms with Crippen molar-refractivity contribution >= 4 is 11.6 Å². The molecule has 0 N–H and O–H groups in total. The van der Waals surface area contributed by atoms with Crippen LogP contribution in [0.25, 0.3) is 0 Å². The summed E-state index contributed by atoms with van der Waals surface area (Å²) in [5.41, 5.74) is -1.47. The lowest BCUT2D eigenvalue weighted by Crippen LogP contribution is -2.31. The summed E-state index contributed by atoms with van der Waals surface area (Å²) in [5.74, 6) is 0. The van der Waals surface area contributed by atoms with E-state index in [2.05, 4.69) is 4.74 Å². The Morgan fingerprint density at radius 1 is 1.40 bits per heavy atom. The molecule has 1 aliphatic rings. The molecule has 1 heterocycles. The molecule has 0 spiro atoms. The Labute approximate surface area is 89.8 Å². The zero-order valence-corrected chi connectivity index (χ0v) is 8.62. The van der Waals surface area contributed by atoms with Crippen molar-refractivity contribution < 1.29 is 17.9 Å². The fourth-order valence-electron chi connectivity index (χ4n) is 1.57. The predicted octanol–water partition coefficient (Wildman–Crippen LogP) is 3.44. The lowest BCUT2D eigenvalue weighted by atomic mass is 9.95. The second-order valence-corrected chi connectivity index (χ2v) is 4.01. The predicted molar refractivity (Wildman–Crippen MR) is 49.9 cm³/mol. The monoisotopic (exact) mass is 236 g/mol. The highest BCUT2D eigenvalue weighted by molar-refractivity contribution is 6.30. The summed E-state index contributed by atoms with van der Waals surface area (Å²) in [6.45, 7) is 1.29. The van der Waals surface area contributed by atoms with E-state index >= 15 is 0 Å². The van der Waals surface area contributed by atoms with E-state index in [1.54, 1.807) is 19.1 Å². The fourth-order valence-corrected chi connectivity index (χ4v) is 1.75. The molecule has 82 valence electrons. The maximum atomic E-state index is 12.7. The second-order valence-electron chi connectivity index (χ2n) is 3.57. The Hall–Kier alpha value is -0.740. The Morgan fingerprint density at radius 2 is 2.00 bits per heavy atom. The molecule has 5 heteroatoms. The van der Waals surface area contributed by atoms with Gasteiger partial charge in [-0.2, -0.15) is 13.2 Å². The Bertz CT molecular complexity index is 396. The number of hydrogen-bond donors (Lipinski definition) is 0. The fraction of sp³-hybridized carbons (Fsp3) is 0.400. The van der Waals surface area contributed by atoms with Crippen LogP contribution < -0.4 is 0 Å². The highest BCUT2D eigenvalue weighted by Crippen LogP contribution is 2.52. The first-order chi connectivity index (χ1) is 6.87. The van der Waals surface area contributed by atoms with Crippen molar-refractivity contribution in [3.8, 4) is 0 Å². The third-order valence-corrected chi connectivity index (χ3v) is 2.76. The van der Waals surface area contributed by atoms with Crippen molar-refractivity contribution in [1.82, 2.24) is 0 Å². The molecular weight excluding hydrogens is 229 g/mol. The molecule has 1 aliphatic heterocycles. The molecule has 15 heavy (non-hydrogen) atoms. The Morgan fingerprint density at radius 3 is 2.47 bits per heavy atom. The maximum absolute atomic E-state index is 12.7. The van der Waals surface area contributed by atoms with E-state index in [1.165, 1.54) is 6.07 Å². The number of alkyl halides is 3. The number of aryl methyl sites for hydroxylation is 1. The van der Waals surface area contributed by atoms with Gasteiger partial charge in [0.25, 0.3) is 0 Å². The van der Waals surface area contributed by atoms with Gasteiger partial charge in [-0.05, 0) is 30.2 Å². The first-order valence-electron chi connectivity index (χ1n) is 4.34.